The highest BCUT2D eigenvalue weighted by Crippen LogP contribution is 2.23. The van der Waals surface area contributed by atoms with Gasteiger partial charge in [0.1, 0.15) is 5.82 Å². The zero-order valence-electron chi connectivity index (χ0n) is 10.2. The molecule has 0 aliphatic carbocycles. The Labute approximate surface area is 119 Å². The topological polar surface area (TPSA) is 63.4 Å². The molecule has 2 aromatic carbocycles. The van der Waals surface area contributed by atoms with E-state index in [1.807, 2.05) is 0 Å². The second-order valence-corrected chi connectivity index (χ2v) is 4.32. The van der Waals surface area contributed by atoms with Crippen LogP contribution >= 0.6 is 11.6 Å². The minimum atomic E-state index is -1.01. The molecule has 0 bridgehead atoms. The lowest BCUT2D eigenvalue weighted by Gasteiger charge is -2.19. The number of imide groups is 1. The molecule has 2 N–H and O–H groups in total. The Morgan fingerprint density at radius 1 is 1.05 bits per heavy atom. The van der Waals surface area contributed by atoms with Gasteiger partial charge in [-0.05, 0) is 24.3 Å². The summed E-state index contributed by atoms with van der Waals surface area (Å²) < 4.78 is 13.8. The van der Waals surface area contributed by atoms with Crippen LogP contribution in [0.2, 0.25) is 5.02 Å². The second-order valence-electron chi connectivity index (χ2n) is 3.91. The number of nitrogens with two attached hydrogens (primary N) is 1. The normalized spacial score (nSPS) is 10.1. The number of benzene rings is 2. The van der Waals surface area contributed by atoms with Crippen molar-refractivity contribution in [3.05, 3.63) is 64.9 Å². The van der Waals surface area contributed by atoms with Crippen LogP contribution in [0.5, 0.6) is 0 Å². The monoisotopic (exact) mass is 292 g/mol. The third-order valence-electron chi connectivity index (χ3n) is 2.61. The van der Waals surface area contributed by atoms with Crippen LogP contribution in [0.1, 0.15) is 10.4 Å². The van der Waals surface area contributed by atoms with Crippen molar-refractivity contribution in [1.82, 2.24) is 0 Å². The zero-order valence-corrected chi connectivity index (χ0v) is 11.0. The predicted octanol–water partition coefficient (Wildman–Crippen LogP) is 3.20. The molecule has 102 valence electrons. The maximum Gasteiger partial charge on any atom is 0.326 e. The molecule has 0 spiro atoms. The van der Waals surface area contributed by atoms with Gasteiger partial charge >= 0.3 is 6.03 Å². The maximum absolute atomic E-state index is 13.8. The predicted molar refractivity (Wildman–Crippen MR) is 74.2 cm³/mol. The number of anilines is 1. The van der Waals surface area contributed by atoms with Gasteiger partial charge in [0.05, 0.1) is 16.3 Å². The van der Waals surface area contributed by atoms with E-state index >= 15 is 0 Å². The van der Waals surface area contributed by atoms with Gasteiger partial charge in [-0.1, -0.05) is 35.9 Å². The van der Waals surface area contributed by atoms with E-state index < -0.39 is 23.3 Å². The smallest absolute Gasteiger partial charge is 0.326 e. The van der Waals surface area contributed by atoms with Crippen molar-refractivity contribution in [2.45, 2.75) is 0 Å². The van der Waals surface area contributed by atoms with E-state index in [9.17, 15) is 14.0 Å². The van der Waals surface area contributed by atoms with Crippen molar-refractivity contribution in [1.29, 1.82) is 0 Å². The number of primary amides is 1. The summed E-state index contributed by atoms with van der Waals surface area (Å²) >= 11 is 5.82. The summed E-state index contributed by atoms with van der Waals surface area (Å²) in [5.74, 6) is -1.73. The van der Waals surface area contributed by atoms with E-state index in [2.05, 4.69) is 0 Å². The van der Waals surface area contributed by atoms with E-state index in [1.54, 1.807) is 18.2 Å². The lowest BCUT2D eigenvalue weighted by atomic mass is 10.1. The SMILES string of the molecule is NC(=O)N(C(=O)c1c(F)cccc1Cl)c1ccccc1. The van der Waals surface area contributed by atoms with E-state index in [4.69, 9.17) is 17.3 Å². The second kappa shape index (κ2) is 5.71. The van der Waals surface area contributed by atoms with Gasteiger partial charge in [-0.3, -0.25) is 4.79 Å². The van der Waals surface area contributed by atoms with Crippen LogP contribution in [0.4, 0.5) is 14.9 Å². The van der Waals surface area contributed by atoms with Gasteiger partial charge < -0.3 is 5.73 Å². The molecular formula is C14H10ClFN2O2. The molecular weight excluding hydrogens is 283 g/mol. The number of halogens is 2. The van der Waals surface area contributed by atoms with Gasteiger partial charge in [0.15, 0.2) is 0 Å². The molecule has 3 amide bonds. The largest absolute Gasteiger partial charge is 0.351 e. The third kappa shape index (κ3) is 2.62. The first-order valence-electron chi connectivity index (χ1n) is 5.65. The van der Waals surface area contributed by atoms with Gasteiger partial charge in [0, 0.05) is 0 Å². The molecule has 0 aliphatic rings. The number of urea groups is 1. The molecule has 0 aliphatic heterocycles. The molecule has 0 unspecified atom stereocenters. The first-order valence-corrected chi connectivity index (χ1v) is 6.03. The molecule has 0 saturated heterocycles. The van der Waals surface area contributed by atoms with Gasteiger partial charge in [0.2, 0.25) is 0 Å². The van der Waals surface area contributed by atoms with E-state index in [-0.39, 0.29) is 10.7 Å². The Balaban J connectivity index is 2.51. The van der Waals surface area contributed by atoms with Crippen molar-refractivity contribution in [2.24, 2.45) is 5.73 Å². The minimum absolute atomic E-state index is 0.0859. The number of carbonyl (C=O) groups excluding carboxylic acids is 2. The quantitative estimate of drug-likeness (QED) is 0.924. The Morgan fingerprint density at radius 3 is 2.25 bits per heavy atom. The van der Waals surface area contributed by atoms with Crippen molar-refractivity contribution in [2.75, 3.05) is 4.90 Å². The number of hydrogen-bond donors (Lipinski definition) is 1. The van der Waals surface area contributed by atoms with Gasteiger partial charge in [-0.15, -0.1) is 0 Å². The van der Waals surface area contributed by atoms with Gasteiger partial charge in [-0.2, -0.15) is 0 Å². The van der Waals surface area contributed by atoms with Crippen molar-refractivity contribution in [3.63, 3.8) is 0 Å². The molecule has 4 nitrogen and oxygen atoms in total. The Morgan fingerprint density at radius 2 is 1.70 bits per heavy atom. The molecule has 2 aromatic rings. The standard InChI is InChI=1S/C14H10ClFN2O2/c15-10-7-4-8-11(16)12(10)13(19)18(14(17)20)9-5-2-1-3-6-9/h1-8H,(H2,17,20). The van der Waals surface area contributed by atoms with Crippen molar-refractivity contribution in [3.8, 4) is 0 Å². The molecule has 0 aromatic heterocycles. The van der Waals surface area contributed by atoms with Crippen molar-refractivity contribution >= 4 is 29.2 Å². The number of nitrogens with zero attached hydrogens (tertiary/aromatic N) is 1. The summed E-state index contributed by atoms with van der Waals surface area (Å²) in [6.45, 7) is 0. The average Bonchev–Trinajstić information content (AvgIpc) is 2.39. The van der Waals surface area contributed by atoms with Crippen LogP contribution in [-0.2, 0) is 0 Å². The van der Waals surface area contributed by atoms with Crippen LogP contribution in [0.25, 0.3) is 0 Å². The summed E-state index contributed by atoms with van der Waals surface area (Å²) in [6, 6.07) is 10.8. The van der Waals surface area contributed by atoms with Crippen LogP contribution in [0.15, 0.2) is 48.5 Å². The Bertz CT molecular complexity index is 641. The Hall–Kier alpha value is -2.40. The van der Waals surface area contributed by atoms with Crippen LogP contribution in [-0.4, -0.2) is 11.9 Å². The summed E-state index contributed by atoms with van der Waals surface area (Å²) in [6.07, 6.45) is 0. The van der Waals surface area contributed by atoms with Crippen LogP contribution in [0.3, 0.4) is 0 Å². The van der Waals surface area contributed by atoms with Crippen LogP contribution < -0.4 is 10.6 Å². The summed E-state index contributed by atoms with van der Waals surface area (Å²) in [5, 5.41) is -0.0859. The third-order valence-corrected chi connectivity index (χ3v) is 2.93. The average molecular weight is 293 g/mol. The molecule has 2 rings (SSSR count). The fraction of sp³-hybridized carbons (Fsp3) is 0. The highest BCUT2D eigenvalue weighted by atomic mass is 35.5. The molecule has 20 heavy (non-hydrogen) atoms. The Kier molecular flexibility index (Phi) is 4.00. The first kappa shape index (κ1) is 14.0. The lowest BCUT2D eigenvalue weighted by Crippen LogP contribution is -2.41. The van der Waals surface area contributed by atoms with Crippen LogP contribution in [0, 0.1) is 5.82 Å². The van der Waals surface area contributed by atoms with Gasteiger partial charge in [0.25, 0.3) is 5.91 Å². The molecule has 0 fully saturated rings. The molecule has 0 radical (unpaired) electrons. The highest BCUT2D eigenvalue weighted by Gasteiger charge is 2.26. The van der Waals surface area contributed by atoms with Gasteiger partial charge in [-0.25, -0.2) is 14.1 Å². The highest BCUT2D eigenvalue weighted by molar-refractivity contribution is 6.35. The molecule has 0 saturated carbocycles. The number of carbonyl (C=O) groups is 2. The van der Waals surface area contributed by atoms with E-state index in [0.717, 1.165) is 6.07 Å². The number of hydrogen-bond acceptors (Lipinski definition) is 2. The number of para-hydroxylation sites is 1. The molecule has 0 atom stereocenters. The molecule has 0 heterocycles. The minimum Gasteiger partial charge on any atom is -0.351 e. The van der Waals surface area contributed by atoms with E-state index in [0.29, 0.717) is 4.90 Å². The lowest BCUT2D eigenvalue weighted by molar-refractivity contribution is 0.0991. The fourth-order valence-corrected chi connectivity index (χ4v) is 1.98. The van der Waals surface area contributed by atoms with Crippen molar-refractivity contribution < 1.29 is 14.0 Å². The first-order chi connectivity index (χ1) is 9.52. The van der Waals surface area contributed by atoms with E-state index in [1.165, 1.54) is 24.3 Å². The zero-order chi connectivity index (χ0) is 14.7. The molecule has 6 heteroatoms. The summed E-state index contributed by atoms with van der Waals surface area (Å²) in [5.41, 5.74) is 5.06. The maximum atomic E-state index is 13.8. The fourth-order valence-electron chi connectivity index (χ4n) is 1.74. The summed E-state index contributed by atoms with van der Waals surface area (Å²) in [4.78, 5) is 24.5. The number of rotatable bonds is 2. The number of amides is 3. The summed E-state index contributed by atoms with van der Waals surface area (Å²) in [7, 11) is 0.